The topological polar surface area (TPSA) is 40.2 Å². The summed E-state index contributed by atoms with van der Waals surface area (Å²) < 4.78 is 21.9. The summed E-state index contributed by atoms with van der Waals surface area (Å²) in [6.07, 6.45) is 0.252. The molecule has 1 fully saturated rings. The second-order valence-electron chi connectivity index (χ2n) is 4.63. The summed E-state index contributed by atoms with van der Waals surface area (Å²) in [6, 6.07) is 11.9. The smallest absolute Gasteiger partial charge is 0.189 e. The molecule has 0 saturated carbocycles. The van der Waals surface area contributed by atoms with Crippen LogP contribution in [0.25, 0.3) is 10.8 Å². The van der Waals surface area contributed by atoms with Gasteiger partial charge in [-0.25, -0.2) is 0 Å². The van der Waals surface area contributed by atoms with Crippen molar-refractivity contribution in [3.05, 3.63) is 36.4 Å². The Morgan fingerprint density at radius 3 is 2.30 bits per heavy atom. The molecule has 4 heteroatoms. The number of ether oxygens (including phenoxy) is 4. The van der Waals surface area contributed by atoms with Gasteiger partial charge in [0.2, 0.25) is 0 Å². The number of rotatable bonds is 7. The molecule has 0 bridgehead atoms. The van der Waals surface area contributed by atoms with Crippen molar-refractivity contribution in [3.8, 4) is 11.5 Å². The van der Waals surface area contributed by atoms with E-state index < -0.39 is 0 Å². The molecule has 106 valence electrons. The lowest BCUT2D eigenvalue weighted by molar-refractivity contribution is 0.0233. The average Bonchev–Trinajstić information content (AvgIpc) is 3.30. The molecule has 0 amide bonds. The van der Waals surface area contributed by atoms with Crippen LogP contribution in [0.3, 0.4) is 0 Å². The summed E-state index contributed by atoms with van der Waals surface area (Å²) in [7, 11) is 0. The lowest BCUT2D eigenvalue weighted by Gasteiger charge is -2.13. The molecule has 0 radical (unpaired) electrons. The summed E-state index contributed by atoms with van der Waals surface area (Å²) in [5, 5.41) is 2.07. The highest BCUT2D eigenvalue weighted by Gasteiger charge is 2.23. The Hall–Kier alpha value is -1.78. The van der Waals surface area contributed by atoms with Gasteiger partial charge >= 0.3 is 0 Å². The predicted molar refractivity (Wildman–Crippen MR) is 76.3 cm³/mol. The van der Waals surface area contributed by atoms with Crippen LogP contribution in [0.4, 0.5) is 0 Å². The van der Waals surface area contributed by atoms with Gasteiger partial charge in [-0.15, -0.1) is 0 Å². The number of hydrogen-bond acceptors (Lipinski definition) is 4. The number of epoxide rings is 1. The lowest BCUT2D eigenvalue weighted by Crippen LogP contribution is -2.05. The molecular weight excluding hydrogens is 256 g/mol. The van der Waals surface area contributed by atoms with Gasteiger partial charge in [0, 0.05) is 17.4 Å². The van der Waals surface area contributed by atoms with Crippen molar-refractivity contribution in [2.75, 3.05) is 26.6 Å². The largest absolute Gasteiger partial charge is 0.490 e. The van der Waals surface area contributed by atoms with Crippen molar-refractivity contribution in [3.63, 3.8) is 0 Å². The van der Waals surface area contributed by atoms with E-state index in [0.29, 0.717) is 13.2 Å². The van der Waals surface area contributed by atoms with Crippen LogP contribution in [0.2, 0.25) is 0 Å². The van der Waals surface area contributed by atoms with Crippen molar-refractivity contribution in [2.24, 2.45) is 0 Å². The maximum atomic E-state index is 5.81. The average molecular weight is 274 g/mol. The van der Waals surface area contributed by atoms with Gasteiger partial charge in [-0.1, -0.05) is 24.3 Å². The first-order valence-corrected chi connectivity index (χ1v) is 6.85. The van der Waals surface area contributed by atoms with Gasteiger partial charge in [-0.2, -0.15) is 0 Å². The Kier molecular flexibility index (Phi) is 4.04. The van der Waals surface area contributed by atoms with E-state index in [-0.39, 0.29) is 12.9 Å². The van der Waals surface area contributed by atoms with E-state index in [4.69, 9.17) is 18.9 Å². The fourth-order valence-electron chi connectivity index (χ4n) is 2.03. The molecule has 2 aromatic rings. The third-order valence-corrected chi connectivity index (χ3v) is 3.17. The Morgan fingerprint density at radius 2 is 1.70 bits per heavy atom. The molecule has 1 unspecified atom stereocenters. The minimum Gasteiger partial charge on any atom is -0.490 e. The molecule has 0 aromatic heterocycles. The predicted octanol–water partition coefficient (Wildman–Crippen LogP) is 2.99. The lowest BCUT2D eigenvalue weighted by atomic mass is 10.1. The van der Waals surface area contributed by atoms with E-state index in [1.165, 1.54) is 0 Å². The first kappa shape index (κ1) is 13.2. The summed E-state index contributed by atoms with van der Waals surface area (Å²) in [5.41, 5.74) is 0. The Morgan fingerprint density at radius 1 is 1.05 bits per heavy atom. The highest BCUT2D eigenvalue weighted by molar-refractivity contribution is 5.93. The van der Waals surface area contributed by atoms with Gasteiger partial charge in [-0.3, -0.25) is 0 Å². The van der Waals surface area contributed by atoms with Crippen LogP contribution >= 0.6 is 0 Å². The van der Waals surface area contributed by atoms with Gasteiger partial charge in [0.15, 0.2) is 6.79 Å². The van der Waals surface area contributed by atoms with Gasteiger partial charge in [-0.05, 0) is 19.1 Å². The van der Waals surface area contributed by atoms with Gasteiger partial charge in [0.1, 0.15) is 24.2 Å². The molecule has 1 heterocycles. The maximum Gasteiger partial charge on any atom is 0.189 e. The molecule has 0 N–H and O–H groups in total. The molecule has 1 aliphatic rings. The number of benzene rings is 2. The third-order valence-electron chi connectivity index (χ3n) is 3.17. The van der Waals surface area contributed by atoms with Crippen molar-refractivity contribution in [2.45, 2.75) is 13.0 Å². The molecule has 1 aliphatic heterocycles. The molecule has 4 nitrogen and oxygen atoms in total. The van der Waals surface area contributed by atoms with Crippen molar-refractivity contribution >= 4 is 10.8 Å². The zero-order chi connectivity index (χ0) is 13.8. The van der Waals surface area contributed by atoms with Crippen LogP contribution in [0.5, 0.6) is 11.5 Å². The van der Waals surface area contributed by atoms with Crippen LogP contribution in [-0.2, 0) is 9.47 Å². The Balaban J connectivity index is 1.83. The zero-order valence-corrected chi connectivity index (χ0v) is 11.5. The second kappa shape index (κ2) is 6.11. The van der Waals surface area contributed by atoms with Gasteiger partial charge in [0.25, 0.3) is 0 Å². The van der Waals surface area contributed by atoms with E-state index in [0.717, 1.165) is 28.9 Å². The molecule has 1 saturated heterocycles. The van der Waals surface area contributed by atoms with Crippen LogP contribution in [-0.4, -0.2) is 32.7 Å². The standard InChI is InChI=1S/C16H18O4/c1-2-17-11-20-16-8-7-15(19-10-12-9-18-12)13-5-3-4-6-14(13)16/h3-8,12H,2,9-11H2,1H3. The van der Waals surface area contributed by atoms with Crippen LogP contribution in [0.1, 0.15) is 6.92 Å². The summed E-state index contributed by atoms with van der Waals surface area (Å²) >= 11 is 0. The summed E-state index contributed by atoms with van der Waals surface area (Å²) in [6.45, 7) is 4.24. The highest BCUT2D eigenvalue weighted by atomic mass is 16.7. The molecule has 2 aromatic carbocycles. The molecule has 1 atom stereocenters. The Bertz CT molecular complexity index is 578. The summed E-state index contributed by atoms with van der Waals surface area (Å²) in [5.74, 6) is 1.67. The monoisotopic (exact) mass is 274 g/mol. The minimum absolute atomic E-state index is 0.252. The van der Waals surface area contributed by atoms with Crippen LogP contribution < -0.4 is 9.47 Å². The van der Waals surface area contributed by atoms with E-state index in [1.54, 1.807) is 0 Å². The fourth-order valence-corrected chi connectivity index (χ4v) is 2.03. The Labute approximate surface area is 118 Å². The van der Waals surface area contributed by atoms with E-state index in [2.05, 4.69) is 0 Å². The minimum atomic E-state index is 0.252. The fraction of sp³-hybridized carbons (Fsp3) is 0.375. The normalized spacial score (nSPS) is 17.1. The van der Waals surface area contributed by atoms with E-state index >= 15 is 0 Å². The molecule has 3 rings (SSSR count). The van der Waals surface area contributed by atoms with Crippen LogP contribution in [0.15, 0.2) is 36.4 Å². The van der Waals surface area contributed by atoms with E-state index in [9.17, 15) is 0 Å². The zero-order valence-electron chi connectivity index (χ0n) is 11.5. The second-order valence-corrected chi connectivity index (χ2v) is 4.63. The van der Waals surface area contributed by atoms with Gasteiger partial charge < -0.3 is 18.9 Å². The molecule has 0 spiro atoms. The molecule has 0 aliphatic carbocycles. The molecular formula is C16H18O4. The third kappa shape index (κ3) is 3.03. The van der Waals surface area contributed by atoms with E-state index in [1.807, 2.05) is 43.3 Å². The van der Waals surface area contributed by atoms with Crippen LogP contribution in [0, 0.1) is 0 Å². The first-order chi connectivity index (χ1) is 9.88. The maximum absolute atomic E-state index is 5.81. The number of hydrogen-bond donors (Lipinski definition) is 0. The summed E-state index contributed by atoms with van der Waals surface area (Å²) in [4.78, 5) is 0. The van der Waals surface area contributed by atoms with Crippen molar-refractivity contribution < 1.29 is 18.9 Å². The van der Waals surface area contributed by atoms with Crippen molar-refractivity contribution in [1.82, 2.24) is 0 Å². The quantitative estimate of drug-likeness (QED) is 0.442. The SMILES string of the molecule is CCOCOc1ccc(OCC2CO2)c2ccccc12. The van der Waals surface area contributed by atoms with Crippen molar-refractivity contribution in [1.29, 1.82) is 0 Å². The highest BCUT2D eigenvalue weighted by Crippen LogP contribution is 2.33. The molecule has 20 heavy (non-hydrogen) atoms. The van der Waals surface area contributed by atoms with Gasteiger partial charge in [0.05, 0.1) is 6.61 Å². The first-order valence-electron chi connectivity index (χ1n) is 6.85. The number of fused-ring (bicyclic) bond motifs is 1.